The van der Waals surface area contributed by atoms with Crippen LogP contribution < -0.4 is 35.6 Å². The number of nitrogen functional groups attached to an aromatic ring is 1. The average molecular weight is 1330 g/mol. The molecule has 2 saturated heterocycles. The molecule has 0 aliphatic carbocycles. The lowest BCUT2D eigenvalue weighted by atomic mass is 10.1. The first-order valence-corrected chi connectivity index (χ1v) is 34.6. The number of nitrogens with one attached hydrogen (secondary N) is 4. The number of anilines is 4. The van der Waals surface area contributed by atoms with E-state index >= 15 is 0 Å². The summed E-state index contributed by atoms with van der Waals surface area (Å²) in [6.45, 7) is 21.8. The second kappa shape index (κ2) is 29.5. The van der Waals surface area contributed by atoms with Gasteiger partial charge in [0, 0.05) is 114 Å². The highest BCUT2D eigenvalue weighted by Crippen LogP contribution is 2.41. The molecule has 4 amide bonds. The smallest absolute Gasteiger partial charge is 0.324 e. The van der Waals surface area contributed by atoms with Crippen LogP contribution in [-0.4, -0.2) is 108 Å². The fourth-order valence-corrected chi connectivity index (χ4v) is 15.5. The molecule has 0 atom stereocenters. The molecule has 472 valence electrons. The Hall–Kier alpha value is -7.77. The van der Waals surface area contributed by atoms with Gasteiger partial charge in [0.25, 0.3) is 0 Å². The zero-order chi connectivity index (χ0) is 65.1. The van der Waals surface area contributed by atoms with E-state index in [0.717, 1.165) is 38.0 Å². The van der Waals surface area contributed by atoms with Crippen molar-refractivity contribution in [3.05, 3.63) is 169 Å². The number of aliphatic imine (C=N–C) groups is 1. The number of hydrogen-bond donors (Lipinski definition) is 5. The largest absolute Gasteiger partial charge is 0.399 e. The lowest BCUT2D eigenvalue weighted by Crippen LogP contribution is -2.40. The number of thiocarbonyl (C=S) groups is 2. The second-order valence-electron chi connectivity index (χ2n) is 24.1. The summed E-state index contributed by atoms with van der Waals surface area (Å²) in [5.41, 5.74) is 11.9. The minimum atomic E-state index is -3.96. The first-order chi connectivity index (χ1) is 42.6. The third kappa shape index (κ3) is 18.4. The zero-order valence-corrected chi connectivity index (χ0v) is 56.9. The van der Waals surface area contributed by atoms with Gasteiger partial charge in [0.15, 0.2) is 5.11 Å². The fourth-order valence-electron chi connectivity index (χ4n) is 9.59. The van der Waals surface area contributed by atoms with Crippen molar-refractivity contribution in [3.63, 3.8) is 0 Å². The molecule has 18 nitrogen and oxygen atoms in total. The fraction of sp³-hybridized carbons (Fsp3) is 0.303. The number of thiazole rings is 2. The molecule has 10 rings (SSSR count). The van der Waals surface area contributed by atoms with Gasteiger partial charge in [-0.25, -0.2) is 50.8 Å². The summed E-state index contributed by atoms with van der Waals surface area (Å²) in [5.74, 6) is 0. The number of carbonyl (C=O) groups is 2. The topological polar surface area (TPSA) is 228 Å². The van der Waals surface area contributed by atoms with E-state index in [4.69, 9.17) is 18.0 Å². The molecule has 2 aliphatic rings. The number of isothiocyanates is 1. The molecule has 0 radical (unpaired) electrons. The maximum atomic E-state index is 13.8. The van der Waals surface area contributed by atoms with Crippen LogP contribution >= 0.6 is 47.1 Å². The molecule has 0 unspecified atom stereocenters. The second-order valence-corrected chi connectivity index (χ2v) is 30.0. The molecule has 8 aromatic rings. The number of carbonyl (C=O) groups excluding carboxylic acids is 2. The summed E-state index contributed by atoms with van der Waals surface area (Å²) >= 11 is 12.5. The Morgan fingerprint density at radius 2 is 1.02 bits per heavy atom. The third-order valence-corrected chi connectivity index (χ3v) is 19.5. The van der Waals surface area contributed by atoms with E-state index in [1.165, 1.54) is 22.7 Å². The van der Waals surface area contributed by atoms with Crippen LogP contribution in [0.25, 0.3) is 42.0 Å². The summed E-state index contributed by atoms with van der Waals surface area (Å²) < 4.78 is 60.5. The molecule has 24 heteroatoms. The Morgan fingerprint density at radius 3 is 1.39 bits per heavy atom. The van der Waals surface area contributed by atoms with Crippen LogP contribution in [-0.2, 0) is 33.1 Å². The maximum Gasteiger partial charge on any atom is 0.324 e. The van der Waals surface area contributed by atoms with Crippen molar-refractivity contribution < 1.29 is 26.4 Å². The molecule has 2 aromatic heterocycles. The normalized spacial score (nSPS) is 13.6. The quantitative estimate of drug-likeness (QED) is 0.0325. The number of rotatable bonds is 17. The van der Waals surface area contributed by atoms with Gasteiger partial charge in [-0.1, -0.05) is 72.8 Å². The van der Waals surface area contributed by atoms with E-state index in [0.29, 0.717) is 88.4 Å². The highest BCUT2D eigenvalue weighted by Gasteiger charge is 2.35. The van der Waals surface area contributed by atoms with Crippen molar-refractivity contribution in [2.45, 2.75) is 115 Å². The van der Waals surface area contributed by atoms with Gasteiger partial charge in [-0.2, -0.15) is 0 Å². The van der Waals surface area contributed by atoms with Crippen LogP contribution in [0.2, 0.25) is 0 Å². The van der Waals surface area contributed by atoms with E-state index in [1.54, 1.807) is 104 Å². The van der Waals surface area contributed by atoms with Crippen molar-refractivity contribution in [2.75, 3.05) is 47.0 Å². The van der Waals surface area contributed by atoms with Gasteiger partial charge < -0.3 is 26.2 Å². The number of nitrogens with two attached hydrogens (primary N) is 1. The minimum absolute atomic E-state index is 0.102. The Kier molecular flexibility index (Phi) is 22.3. The van der Waals surface area contributed by atoms with Crippen LogP contribution in [0.15, 0.2) is 173 Å². The van der Waals surface area contributed by atoms with Gasteiger partial charge in [0.05, 0.1) is 30.7 Å². The van der Waals surface area contributed by atoms with E-state index < -0.39 is 31.1 Å². The molecule has 6 N–H and O–H groups in total. The summed E-state index contributed by atoms with van der Waals surface area (Å²) in [5, 5.41) is 10.7. The monoisotopic (exact) mass is 1320 g/mol. The highest BCUT2D eigenvalue weighted by molar-refractivity contribution is 7.90. The first-order valence-electron chi connectivity index (χ1n) is 29.2. The van der Waals surface area contributed by atoms with Gasteiger partial charge >= 0.3 is 12.1 Å². The Labute approximate surface area is 547 Å². The lowest BCUT2D eigenvalue weighted by Gasteiger charge is -2.23. The van der Waals surface area contributed by atoms with Gasteiger partial charge in [-0.3, -0.25) is 9.80 Å². The number of amides is 4. The SMILES string of the molecule is CC(C)(C)NS(=O)(=O)c1cc(N2CCN(Cc3ccccc3)C2=O)ccc1-c1cnc(-c2ccc(N)cc2)s1.CC(C)N=C=S.CC(C)NC(=S)Nc1ccc(-c2ncc(-c3ccc(N4CCN(Cc5ccccc5)C4=O)cc3S(=O)(=O)NC(C)(C)C)s2)cc1. The van der Waals surface area contributed by atoms with Crippen LogP contribution in [0.5, 0.6) is 0 Å². The molecule has 90 heavy (non-hydrogen) atoms. The summed E-state index contributed by atoms with van der Waals surface area (Å²) in [4.78, 5) is 48.0. The lowest BCUT2D eigenvalue weighted by molar-refractivity contribution is 0.218. The molecule has 0 saturated carbocycles. The van der Waals surface area contributed by atoms with Crippen LogP contribution in [0, 0.1) is 0 Å². The number of urea groups is 2. The van der Waals surface area contributed by atoms with E-state index in [9.17, 15) is 26.4 Å². The summed E-state index contributed by atoms with van der Waals surface area (Å²) in [6, 6.07) is 45.4. The number of nitrogens with zero attached hydrogens (tertiary/aromatic N) is 7. The van der Waals surface area contributed by atoms with E-state index in [-0.39, 0.29) is 27.9 Å². The number of aromatic nitrogens is 2. The van der Waals surface area contributed by atoms with E-state index in [2.05, 4.69) is 52.4 Å². The van der Waals surface area contributed by atoms with Gasteiger partial charge in [-0.05, 0) is 178 Å². The minimum Gasteiger partial charge on any atom is -0.399 e. The number of sulfonamides is 2. The van der Waals surface area contributed by atoms with E-state index in [1.807, 2.05) is 143 Å². The molecule has 6 aromatic carbocycles. The van der Waals surface area contributed by atoms with Gasteiger partial charge in [-0.15, -0.1) is 22.7 Å². The molecular weight excluding hydrogens is 1250 g/mol. The first kappa shape index (κ1) is 68.1. The standard InChI is InChI=1S/C33H38N6O3S3.C29H31N5O3S2.C4H7NS/c1-22(2)35-31(43)36-25-13-11-24(12-14-25)30-34-20-28(44-30)27-16-15-26(19-29(27)45(41,42)37-33(3,4)5)39-18-17-38(32(39)40)21-23-9-7-6-8-10-23;1-29(2,3)32-39(36,37)26-17-23(34-16-15-33(28(34)35)19-20-7-5-4-6-8-20)13-14-24(26)25-18-31-27(38-25)21-9-11-22(30)12-10-21;1-4(2)5-3-6/h6-16,19-20,22,37H,17-18,21H2,1-5H3,(H2,35,36,43);4-14,17-18,32H,15-16,19,30H2,1-3H3;4H,1-2H3. The zero-order valence-electron chi connectivity index (χ0n) is 52.0. The summed E-state index contributed by atoms with van der Waals surface area (Å²) in [6.07, 6.45) is 3.38. The number of hydrogen-bond acceptors (Lipinski definition) is 14. The van der Waals surface area contributed by atoms with Crippen molar-refractivity contribution in [1.29, 1.82) is 0 Å². The molecule has 4 heterocycles. The Bertz CT molecular complexity index is 4090. The number of benzene rings is 6. The van der Waals surface area contributed by atoms with Crippen molar-refractivity contribution in [2.24, 2.45) is 4.99 Å². The molecule has 0 spiro atoms. The molecule has 0 bridgehead atoms. The average Bonchev–Trinajstić information content (AvgIpc) is 1.51. The van der Waals surface area contributed by atoms with Crippen LogP contribution in [0.4, 0.5) is 32.3 Å². The maximum absolute atomic E-state index is 13.8. The summed E-state index contributed by atoms with van der Waals surface area (Å²) in [7, 11) is -7.89. The van der Waals surface area contributed by atoms with Crippen molar-refractivity contribution >= 4 is 112 Å². The third-order valence-electron chi connectivity index (χ3n) is 13.5. The van der Waals surface area contributed by atoms with Gasteiger partial charge in [0.2, 0.25) is 20.0 Å². The Morgan fingerprint density at radius 1 is 0.611 bits per heavy atom. The predicted octanol–water partition coefficient (Wildman–Crippen LogP) is 13.8. The molecule has 2 fully saturated rings. The van der Waals surface area contributed by atoms with Crippen LogP contribution in [0.1, 0.15) is 80.4 Å². The van der Waals surface area contributed by atoms with Gasteiger partial charge in [0.1, 0.15) is 10.0 Å². The van der Waals surface area contributed by atoms with Crippen molar-refractivity contribution in [1.82, 2.24) is 34.5 Å². The Balaban J connectivity index is 0.000000215. The molecule has 2 aliphatic heterocycles. The van der Waals surface area contributed by atoms with Crippen LogP contribution in [0.3, 0.4) is 0 Å². The highest BCUT2D eigenvalue weighted by atomic mass is 32.2. The van der Waals surface area contributed by atoms with Crippen molar-refractivity contribution in [3.8, 4) is 42.0 Å². The molecular formula is C66H76N12O6S6. The predicted molar refractivity (Wildman–Crippen MR) is 374 cm³/mol.